The second-order valence-corrected chi connectivity index (χ2v) is 3.84. The van der Waals surface area contributed by atoms with Crippen LogP contribution in [-0.2, 0) is 9.59 Å². The number of carboxylic acids is 1. The van der Waals surface area contributed by atoms with Crippen molar-refractivity contribution in [2.75, 3.05) is 13.1 Å². The first-order chi connectivity index (χ1) is 7.86. The van der Waals surface area contributed by atoms with Crippen LogP contribution in [0.25, 0.3) is 0 Å². The van der Waals surface area contributed by atoms with Crippen LogP contribution in [-0.4, -0.2) is 47.0 Å². The van der Waals surface area contributed by atoms with Gasteiger partial charge in [0.15, 0.2) is 0 Å². The Morgan fingerprint density at radius 3 is 2.41 bits per heavy atom. The number of amides is 3. The molecular formula is C10H19N3O4. The molecule has 0 fully saturated rings. The Hall–Kier alpha value is -1.79. The van der Waals surface area contributed by atoms with Crippen LogP contribution >= 0.6 is 0 Å². The first kappa shape index (κ1) is 15.2. The summed E-state index contributed by atoms with van der Waals surface area (Å²) in [6, 6.07) is -0.906. The van der Waals surface area contributed by atoms with E-state index >= 15 is 0 Å². The number of rotatable bonds is 7. The predicted molar refractivity (Wildman–Crippen MR) is 61.3 cm³/mol. The van der Waals surface area contributed by atoms with Crippen molar-refractivity contribution in [3.8, 4) is 0 Å². The molecule has 3 amide bonds. The van der Waals surface area contributed by atoms with Crippen molar-refractivity contribution in [2.45, 2.75) is 32.7 Å². The van der Waals surface area contributed by atoms with Gasteiger partial charge in [0.05, 0.1) is 0 Å². The third-order valence-electron chi connectivity index (χ3n) is 1.98. The molecule has 0 saturated carbocycles. The van der Waals surface area contributed by atoms with Gasteiger partial charge < -0.3 is 21.1 Å². The SMILES string of the molecule is CCCN(CC(=O)O)C(=O)NC(C)CC(N)=O. The van der Waals surface area contributed by atoms with Crippen LogP contribution in [0.2, 0.25) is 0 Å². The summed E-state index contributed by atoms with van der Waals surface area (Å²) in [6.07, 6.45) is 0.684. The molecule has 0 heterocycles. The molecule has 0 aliphatic heterocycles. The van der Waals surface area contributed by atoms with E-state index < -0.39 is 23.9 Å². The van der Waals surface area contributed by atoms with Gasteiger partial charge in [0, 0.05) is 19.0 Å². The molecule has 98 valence electrons. The number of nitrogens with zero attached hydrogens (tertiary/aromatic N) is 1. The minimum Gasteiger partial charge on any atom is -0.480 e. The fourth-order valence-electron chi connectivity index (χ4n) is 1.34. The lowest BCUT2D eigenvalue weighted by molar-refractivity contribution is -0.137. The minimum atomic E-state index is -1.07. The van der Waals surface area contributed by atoms with E-state index in [4.69, 9.17) is 10.8 Å². The van der Waals surface area contributed by atoms with Crippen molar-refractivity contribution >= 4 is 17.9 Å². The third-order valence-corrected chi connectivity index (χ3v) is 1.98. The van der Waals surface area contributed by atoms with E-state index in [0.29, 0.717) is 13.0 Å². The van der Waals surface area contributed by atoms with Gasteiger partial charge in [-0.1, -0.05) is 6.92 Å². The fraction of sp³-hybridized carbons (Fsp3) is 0.700. The van der Waals surface area contributed by atoms with E-state index in [-0.39, 0.29) is 13.0 Å². The summed E-state index contributed by atoms with van der Waals surface area (Å²) in [6.45, 7) is 3.47. The van der Waals surface area contributed by atoms with Gasteiger partial charge >= 0.3 is 12.0 Å². The quantitative estimate of drug-likeness (QED) is 0.574. The van der Waals surface area contributed by atoms with Crippen LogP contribution in [0.1, 0.15) is 26.7 Å². The topological polar surface area (TPSA) is 113 Å². The second kappa shape index (κ2) is 7.48. The summed E-state index contributed by atoms with van der Waals surface area (Å²) in [7, 11) is 0. The largest absolute Gasteiger partial charge is 0.480 e. The van der Waals surface area contributed by atoms with Crippen LogP contribution in [0.3, 0.4) is 0 Å². The molecule has 1 atom stereocenters. The number of primary amides is 1. The summed E-state index contributed by atoms with van der Waals surface area (Å²) in [5.74, 6) is -1.59. The highest BCUT2D eigenvalue weighted by Crippen LogP contribution is 1.96. The maximum Gasteiger partial charge on any atom is 0.323 e. The van der Waals surface area contributed by atoms with E-state index in [2.05, 4.69) is 5.32 Å². The lowest BCUT2D eigenvalue weighted by Crippen LogP contribution is -2.47. The van der Waals surface area contributed by atoms with Crippen molar-refractivity contribution < 1.29 is 19.5 Å². The molecule has 0 saturated heterocycles. The molecule has 0 aromatic heterocycles. The van der Waals surface area contributed by atoms with Crippen molar-refractivity contribution in [1.29, 1.82) is 0 Å². The summed E-state index contributed by atoms with van der Waals surface area (Å²) in [5.41, 5.74) is 4.99. The van der Waals surface area contributed by atoms with Crippen molar-refractivity contribution in [1.82, 2.24) is 10.2 Å². The second-order valence-electron chi connectivity index (χ2n) is 3.84. The molecule has 7 heteroatoms. The first-order valence-corrected chi connectivity index (χ1v) is 5.42. The maximum absolute atomic E-state index is 11.7. The standard InChI is InChI=1S/C10H19N3O4/c1-3-4-13(6-9(15)16)10(17)12-7(2)5-8(11)14/h7H,3-6H2,1-2H3,(H2,11,14)(H,12,17)(H,15,16). The molecule has 0 rings (SSSR count). The number of nitrogens with one attached hydrogen (secondary N) is 1. The third kappa shape index (κ3) is 7.15. The smallest absolute Gasteiger partial charge is 0.323 e. The molecule has 7 nitrogen and oxygen atoms in total. The zero-order valence-corrected chi connectivity index (χ0v) is 10.1. The molecule has 17 heavy (non-hydrogen) atoms. The van der Waals surface area contributed by atoms with Crippen molar-refractivity contribution in [2.24, 2.45) is 5.73 Å². The number of carboxylic acid groups (broad SMARTS) is 1. The summed E-state index contributed by atoms with van der Waals surface area (Å²) in [4.78, 5) is 34.0. The van der Waals surface area contributed by atoms with Crippen LogP contribution < -0.4 is 11.1 Å². The van der Waals surface area contributed by atoms with Gasteiger partial charge in [-0.3, -0.25) is 9.59 Å². The highest BCUT2D eigenvalue weighted by Gasteiger charge is 2.18. The highest BCUT2D eigenvalue weighted by molar-refractivity contribution is 5.81. The van der Waals surface area contributed by atoms with Gasteiger partial charge in [-0.05, 0) is 13.3 Å². The number of hydrogen-bond donors (Lipinski definition) is 3. The number of hydrogen-bond acceptors (Lipinski definition) is 3. The van der Waals surface area contributed by atoms with E-state index in [0.717, 1.165) is 0 Å². The molecule has 1 unspecified atom stereocenters. The molecular weight excluding hydrogens is 226 g/mol. The molecule has 0 bridgehead atoms. The average molecular weight is 245 g/mol. The van der Waals surface area contributed by atoms with Gasteiger partial charge in [0.1, 0.15) is 6.54 Å². The van der Waals surface area contributed by atoms with Gasteiger partial charge in [0.25, 0.3) is 0 Å². The fourth-order valence-corrected chi connectivity index (χ4v) is 1.34. The molecule has 0 aromatic carbocycles. The van der Waals surface area contributed by atoms with E-state index in [9.17, 15) is 14.4 Å². The van der Waals surface area contributed by atoms with Gasteiger partial charge in [0.2, 0.25) is 5.91 Å². The Bertz CT molecular complexity index is 293. The average Bonchev–Trinajstić information content (AvgIpc) is 2.14. The summed E-state index contributed by atoms with van der Waals surface area (Å²) < 4.78 is 0. The van der Waals surface area contributed by atoms with Crippen molar-refractivity contribution in [3.63, 3.8) is 0 Å². The number of nitrogens with two attached hydrogens (primary N) is 1. The first-order valence-electron chi connectivity index (χ1n) is 5.42. The molecule has 0 aromatic rings. The Morgan fingerprint density at radius 1 is 1.41 bits per heavy atom. The Morgan fingerprint density at radius 2 is 2.00 bits per heavy atom. The van der Waals surface area contributed by atoms with Crippen LogP contribution in [0.4, 0.5) is 4.79 Å². The Balaban J connectivity index is 4.30. The summed E-state index contributed by atoms with van der Waals surface area (Å²) >= 11 is 0. The summed E-state index contributed by atoms with van der Waals surface area (Å²) in [5, 5.41) is 11.2. The van der Waals surface area contributed by atoms with Crippen LogP contribution in [0, 0.1) is 0 Å². The van der Waals surface area contributed by atoms with Crippen LogP contribution in [0.5, 0.6) is 0 Å². The lowest BCUT2D eigenvalue weighted by atomic mass is 10.2. The van der Waals surface area contributed by atoms with Crippen LogP contribution in [0.15, 0.2) is 0 Å². The molecule has 0 radical (unpaired) electrons. The number of carbonyl (C=O) groups is 3. The number of carbonyl (C=O) groups excluding carboxylic acids is 2. The lowest BCUT2D eigenvalue weighted by Gasteiger charge is -2.22. The maximum atomic E-state index is 11.7. The number of aliphatic carboxylic acids is 1. The van der Waals surface area contributed by atoms with E-state index in [1.165, 1.54) is 4.90 Å². The van der Waals surface area contributed by atoms with Gasteiger partial charge in [-0.2, -0.15) is 0 Å². The monoisotopic (exact) mass is 245 g/mol. The van der Waals surface area contributed by atoms with Gasteiger partial charge in [-0.25, -0.2) is 4.79 Å². The molecule has 4 N–H and O–H groups in total. The minimum absolute atomic E-state index is 0.0266. The highest BCUT2D eigenvalue weighted by atomic mass is 16.4. The Kier molecular flexibility index (Phi) is 6.69. The Labute approximate surface area is 100.0 Å². The van der Waals surface area contributed by atoms with E-state index in [1.54, 1.807) is 6.92 Å². The molecule has 0 spiro atoms. The number of urea groups is 1. The normalized spacial score (nSPS) is 11.6. The molecule has 0 aliphatic rings. The zero-order valence-electron chi connectivity index (χ0n) is 10.1. The van der Waals surface area contributed by atoms with Crippen molar-refractivity contribution in [3.05, 3.63) is 0 Å². The predicted octanol–water partition coefficient (Wildman–Crippen LogP) is -0.243. The van der Waals surface area contributed by atoms with E-state index in [1.807, 2.05) is 6.92 Å². The molecule has 0 aliphatic carbocycles. The van der Waals surface area contributed by atoms with Gasteiger partial charge in [-0.15, -0.1) is 0 Å². The zero-order chi connectivity index (χ0) is 13.4.